The van der Waals surface area contributed by atoms with Crippen molar-refractivity contribution in [1.82, 2.24) is 4.90 Å². The number of nitrogens with zero attached hydrogens (tertiary/aromatic N) is 1. The molecule has 18 nitrogen and oxygen atoms in total. The molecular formula is C55H88N2O16S. The van der Waals surface area contributed by atoms with Crippen LogP contribution in [-0.2, 0) is 62.4 Å². The Hall–Kier alpha value is -3.50. The van der Waals surface area contributed by atoms with E-state index < -0.39 is 87.8 Å². The van der Waals surface area contributed by atoms with Crippen LogP contribution in [0.15, 0.2) is 47.6 Å². The summed E-state index contributed by atoms with van der Waals surface area (Å²) in [4.78, 5) is 72.6. The summed E-state index contributed by atoms with van der Waals surface area (Å²) in [5, 5.41) is 38.2. The van der Waals surface area contributed by atoms with Crippen molar-refractivity contribution in [3.05, 3.63) is 47.6 Å². The fourth-order valence-corrected chi connectivity index (χ4v) is 11.4. The molecule has 5 N–H and O–H groups in total. The number of carbonyl (C=O) groups is 5. The van der Waals surface area contributed by atoms with Crippen LogP contribution in [0.2, 0.25) is 0 Å². The van der Waals surface area contributed by atoms with Crippen molar-refractivity contribution in [1.29, 1.82) is 0 Å². The maximum atomic E-state index is 14.5. The molecule has 4 aliphatic rings. The van der Waals surface area contributed by atoms with E-state index in [9.17, 15) is 47.7 Å². The maximum Gasteiger partial charge on any atom is 0.329 e. The van der Waals surface area contributed by atoms with E-state index in [1.54, 1.807) is 47.0 Å². The van der Waals surface area contributed by atoms with Crippen molar-refractivity contribution in [3.8, 4) is 0 Å². The number of piperidine rings is 1. The summed E-state index contributed by atoms with van der Waals surface area (Å²) >= 11 is 0. The number of fused-ring (bicyclic) bond motifs is 3. The molecule has 0 aromatic heterocycles. The van der Waals surface area contributed by atoms with E-state index in [1.165, 1.54) is 7.11 Å². The first-order valence-electron chi connectivity index (χ1n) is 26.7. The number of amides is 1. The van der Waals surface area contributed by atoms with Crippen LogP contribution in [0.4, 0.5) is 0 Å². The Bertz CT molecular complexity index is 2110. The van der Waals surface area contributed by atoms with E-state index in [0.717, 1.165) is 16.9 Å². The third-order valence-corrected chi connectivity index (χ3v) is 16.3. The van der Waals surface area contributed by atoms with E-state index >= 15 is 0 Å². The second-order valence-electron chi connectivity index (χ2n) is 21.5. The Kier molecular flexibility index (Phi) is 25.4. The molecule has 0 spiro atoms. The predicted molar refractivity (Wildman–Crippen MR) is 277 cm³/mol. The third-order valence-electron chi connectivity index (χ3n) is 15.5. The van der Waals surface area contributed by atoms with Gasteiger partial charge in [0.2, 0.25) is 15.8 Å². The molecule has 19 heteroatoms. The quantitative estimate of drug-likeness (QED) is 0.0795. The zero-order valence-electron chi connectivity index (χ0n) is 45.4. The lowest BCUT2D eigenvalue weighted by Crippen LogP contribution is -2.61. The zero-order chi connectivity index (χ0) is 54.9. The number of nitrogens with two attached hydrogens (primary N) is 1. The molecule has 15 atom stereocenters. The van der Waals surface area contributed by atoms with E-state index in [2.05, 4.69) is 0 Å². The molecule has 4 rings (SSSR count). The van der Waals surface area contributed by atoms with E-state index in [4.69, 9.17) is 33.6 Å². The van der Waals surface area contributed by atoms with Gasteiger partial charge < -0.3 is 48.6 Å². The topological polar surface area (TPSA) is 265 Å². The molecule has 0 radical (unpaired) electrons. The first kappa shape index (κ1) is 63.0. The molecule has 3 aliphatic heterocycles. The van der Waals surface area contributed by atoms with Gasteiger partial charge >= 0.3 is 5.97 Å². The average molecular weight is 1070 g/mol. The number of carbonyl (C=O) groups excluding carboxylic acids is 5. The van der Waals surface area contributed by atoms with Crippen molar-refractivity contribution in [2.24, 2.45) is 40.6 Å². The van der Waals surface area contributed by atoms with Gasteiger partial charge in [-0.05, 0) is 113 Å². The van der Waals surface area contributed by atoms with Gasteiger partial charge in [-0.1, -0.05) is 71.1 Å². The van der Waals surface area contributed by atoms with Crippen LogP contribution >= 0.6 is 0 Å². The molecule has 1 aliphatic carbocycles. The van der Waals surface area contributed by atoms with Crippen molar-refractivity contribution in [3.63, 3.8) is 0 Å². The van der Waals surface area contributed by atoms with Gasteiger partial charge in [-0.3, -0.25) is 19.2 Å². The largest absolute Gasteiger partial charge is 0.460 e. The van der Waals surface area contributed by atoms with E-state index in [1.807, 2.05) is 45.1 Å². The van der Waals surface area contributed by atoms with Gasteiger partial charge in [-0.25, -0.2) is 18.4 Å². The minimum Gasteiger partial charge on any atom is -0.460 e. The zero-order valence-corrected chi connectivity index (χ0v) is 46.2. The minimum atomic E-state index is -3.75. The van der Waals surface area contributed by atoms with Crippen LogP contribution in [0.1, 0.15) is 132 Å². The third kappa shape index (κ3) is 18.3. The van der Waals surface area contributed by atoms with Gasteiger partial charge in [0.1, 0.15) is 30.1 Å². The number of Topliss-reactive ketones (excluding diaryl/α,β-unsaturated/α-hetero) is 3. The maximum absolute atomic E-state index is 14.5. The number of rotatable bonds is 13. The summed E-state index contributed by atoms with van der Waals surface area (Å²) in [6.07, 6.45) is 10.5. The van der Waals surface area contributed by atoms with Crippen molar-refractivity contribution >= 4 is 39.2 Å². The number of esters is 1. The first-order chi connectivity index (χ1) is 34.9. The summed E-state index contributed by atoms with van der Waals surface area (Å²) in [6.45, 7) is 12.6. The van der Waals surface area contributed by atoms with Gasteiger partial charge in [0.15, 0.2) is 5.78 Å². The standard InChI is InChI=1S/C55H88N2O16S/c1-34-16-11-10-12-17-35(2)46(70-25-15-27-74(56,66)67)32-42-21-19-40(7)55(65,73-42)52(62)53(63)57-23-14-13-18-43(57)54(64)72-47(37(4)30-41-20-22-45(71-26-24-58)48(31-41)68-8)33-44(59)36(3)29-39(6)50(61)51(69-9)49(60)38(5)28-34/h10-12,16-17,29,34,36-38,40-43,45-48,50-51,58,61,65H,13-15,18-28,30-33H2,1-9H3,(H2,56,66,67)/b12-10+,16-11+,35-17+,39-29+/t34-,36-,37-,38-,40-,41+,42+,43+,45-,46+,47+,48-,50-,51+,55-/m1/s1. The summed E-state index contributed by atoms with van der Waals surface area (Å²) in [6, 6.07) is -1.20. The van der Waals surface area contributed by atoms with Gasteiger partial charge in [-0.2, -0.15) is 0 Å². The second kappa shape index (κ2) is 29.9. The molecule has 420 valence electrons. The fourth-order valence-electron chi connectivity index (χ4n) is 10.9. The Morgan fingerprint density at radius 1 is 0.878 bits per heavy atom. The van der Waals surface area contributed by atoms with Gasteiger partial charge in [0.05, 0.1) is 43.4 Å². The summed E-state index contributed by atoms with van der Waals surface area (Å²) in [5.41, 5.74) is 1.09. The van der Waals surface area contributed by atoms with Gasteiger partial charge in [0, 0.05) is 58.0 Å². The average Bonchev–Trinajstić information content (AvgIpc) is 3.36. The van der Waals surface area contributed by atoms with Crippen molar-refractivity contribution in [2.45, 2.75) is 186 Å². The molecule has 2 bridgehead atoms. The number of ether oxygens (including phenoxy) is 6. The number of methoxy groups -OCH3 is 2. The SMILES string of the molecule is CO[C@@H]1C[C@H](C[C@@H](C)[C@@H]2CC(=O)[C@H](C)/C=C(\C)[C@@H](O)[C@@H](OC)C(=O)[C@H](C)C[C@H](C)/C=C/C=C/C=C(\C)[C@@H](OCCCS(N)(=O)=O)C[C@@H]3CC[C@@H](C)[C@@](O)(O3)C(=O)C(=O)N3CCCC[C@H]3C(=O)O2)CC[C@H]1OCCO. The molecule has 0 aromatic carbocycles. The van der Waals surface area contributed by atoms with E-state index in [-0.39, 0.29) is 99.3 Å². The number of cyclic esters (lactones) is 1. The normalized spacial score (nSPS) is 37.2. The predicted octanol–water partition coefficient (Wildman–Crippen LogP) is 5.25. The van der Waals surface area contributed by atoms with Crippen LogP contribution < -0.4 is 5.14 Å². The lowest BCUT2D eigenvalue weighted by atomic mass is 9.78. The number of hydrogen-bond donors (Lipinski definition) is 4. The number of ketones is 3. The molecule has 2 saturated heterocycles. The summed E-state index contributed by atoms with van der Waals surface area (Å²) < 4.78 is 59.4. The molecular weight excluding hydrogens is 977 g/mol. The summed E-state index contributed by atoms with van der Waals surface area (Å²) in [5.74, 6) is -8.92. The molecule has 3 heterocycles. The van der Waals surface area contributed by atoms with Crippen LogP contribution in [0, 0.1) is 35.5 Å². The van der Waals surface area contributed by atoms with Gasteiger partial charge in [0.25, 0.3) is 11.7 Å². The number of sulfonamides is 1. The van der Waals surface area contributed by atoms with Crippen LogP contribution in [0.25, 0.3) is 0 Å². The number of aliphatic hydroxyl groups excluding tert-OH is 2. The highest BCUT2D eigenvalue weighted by molar-refractivity contribution is 7.89. The molecule has 0 aromatic rings. The Balaban J connectivity index is 1.72. The number of allylic oxidation sites excluding steroid dienone is 6. The molecule has 0 unspecified atom stereocenters. The van der Waals surface area contributed by atoms with Crippen LogP contribution in [0.5, 0.6) is 0 Å². The molecule has 74 heavy (non-hydrogen) atoms. The van der Waals surface area contributed by atoms with Crippen molar-refractivity contribution in [2.75, 3.05) is 46.3 Å². The lowest BCUT2D eigenvalue weighted by Gasteiger charge is -2.43. The molecule has 1 amide bonds. The van der Waals surface area contributed by atoms with Gasteiger partial charge in [-0.15, -0.1) is 0 Å². The number of aliphatic hydroxyl groups is 3. The fraction of sp³-hybridized carbons (Fsp3) is 0.764. The molecule has 3 fully saturated rings. The van der Waals surface area contributed by atoms with E-state index in [0.29, 0.717) is 56.9 Å². The molecule has 1 saturated carbocycles. The Morgan fingerprint density at radius 2 is 1.61 bits per heavy atom. The Labute approximate surface area is 439 Å². The number of hydrogen-bond acceptors (Lipinski definition) is 16. The minimum absolute atomic E-state index is 0.0298. The van der Waals surface area contributed by atoms with Crippen LogP contribution in [-0.4, -0.2) is 159 Å². The summed E-state index contributed by atoms with van der Waals surface area (Å²) in [7, 11) is -0.775. The second-order valence-corrected chi connectivity index (χ2v) is 23.2. The number of primary sulfonamides is 1. The monoisotopic (exact) mass is 1060 g/mol. The van der Waals surface area contributed by atoms with Crippen LogP contribution in [0.3, 0.4) is 0 Å². The Morgan fingerprint density at radius 3 is 2.28 bits per heavy atom. The highest BCUT2D eigenvalue weighted by atomic mass is 32.2. The highest BCUT2D eigenvalue weighted by Gasteiger charge is 2.53. The smallest absolute Gasteiger partial charge is 0.329 e. The first-order valence-corrected chi connectivity index (χ1v) is 28.5. The highest BCUT2D eigenvalue weighted by Crippen LogP contribution is 2.38. The lowest BCUT2D eigenvalue weighted by molar-refractivity contribution is -0.266. The van der Waals surface area contributed by atoms with Crippen molar-refractivity contribution < 1.29 is 76.1 Å².